The van der Waals surface area contributed by atoms with Crippen molar-refractivity contribution in [3.63, 3.8) is 0 Å². The van der Waals surface area contributed by atoms with E-state index < -0.39 is 24.1 Å². The maximum Gasteiger partial charge on any atom is 0.335 e. The molecule has 0 aliphatic rings. The smallest absolute Gasteiger partial charge is 0.335 e. The molecule has 0 aromatic heterocycles. The monoisotopic (exact) mass is 855 g/mol. The van der Waals surface area contributed by atoms with Crippen LogP contribution in [0.15, 0.2) is 146 Å². The van der Waals surface area contributed by atoms with E-state index in [1.165, 1.54) is 6.07 Å². The fourth-order valence-electron chi connectivity index (χ4n) is 6.01. The number of aromatic carboxylic acids is 2. The average molecular weight is 857 g/mol. The molecule has 0 saturated heterocycles. The molecule has 6 rings (SSSR count). The third-order valence-corrected chi connectivity index (χ3v) is 9.47. The van der Waals surface area contributed by atoms with Crippen LogP contribution >= 0.6 is 35.6 Å². The molecule has 0 amide bonds. The van der Waals surface area contributed by atoms with Crippen LogP contribution in [0.25, 0.3) is 22.3 Å². The molecule has 6 aromatic rings. The number of hydrogen-bond donors (Lipinski definition) is 7. The van der Waals surface area contributed by atoms with E-state index in [-0.39, 0.29) is 23.5 Å². The fourth-order valence-corrected chi connectivity index (χ4v) is 6.40. The Labute approximate surface area is 360 Å². The van der Waals surface area contributed by atoms with Crippen molar-refractivity contribution in [2.75, 3.05) is 49.9 Å². The molecule has 0 aliphatic heterocycles. The third-order valence-electron chi connectivity index (χ3n) is 9.00. The van der Waals surface area contributed by atoms with Crippen LogP contribution in [-0.2, 0) is 0 Å². The van der Waals surface area contributed by atoms with Crippen LogP contribution in [0.2, 0.25) is 10.0 Å². The maximum atomic E-state index is 11.2. The van der Waals surface area contributed by atoms with E-state index in [1.54, 1.807) is 54.6 Å². The topological polar surface area (TPSA) is 166 Å². The second-order valence-electron chi connectivity index (χ2n) is 13.3. The Kier molecular flexibility index (Phi) is 18.7. The molecule has 0 saturated carbocycles. The molecule has 0 radical (unpaired) electrons. The number of benzene rings is 6. The van der Waals surface area contributed by atoms with Gasteiger partial charge in [0.25, 0.3) is 0 Å². The number of carboxylic acid groups (broad SMARTS) is 2. The number of halogens is 3. The molecule has 0 heterocycles. The minimum atomic E-state index is -1.19. The lowest BCUT2D eigenvalue weighted by molar-refractivity contribution is -0.255. The number of carbonyl (C=O) groups excluding carboxylic acids is 1. The second kappa shape index (κ2) is 23.8. The van der Waals surface area contributed by atoms with Crippen molar-refractivity contribution < 1.29 is 30.0 Å². The van der Waals surface area contributed by atoms with Crippen LogP contribution < -0.4 is 26.4 Å². The zero-order valence-corrected chi connectivity index (χ0v) is 34.3. The highest BCUT2D eigenvalue weighted by Gasteiger charge is 2.09. The molecule has 2 atom stereocenters. The summed E-state index contributed by atoms with van der Waals surface area (Å²) in [7, 11) is 0. The standard InChI is InChI=1S/2C23H23ClN2O3.ClH/c2*24-20-8-2-6-18(13-20)22(27)15-25-10-11-26-21-9-3-5-17(14-21)16-4-1-7-19(12-16)23(28)29;/h2*1-9,12-14,22,25-27H,10-11,15H2,(H,28,29);1H/p-1/t2*22-;/m00./s1. The maximum absolute atomic E-state index is 11.2. The number of hydrogen-bond acceptors (Lipinski definition) is 9. The number of aliphatic hydroxyl groups excluding tert-OH is 2. The van der Waals surface area contributed by atoms with Crippen LogP contribution in [-0.4, -0.2) is 66.5 Å². The summed E-state index contributed by atoms with van der Waals surface area (Å²) in [6.07, 6.45) is -1.23. The average Bonchev–Trinajstić information content (AvgIpc) is 3.24. The van der Waals surface area contributed by atoms with Crippen molar-refractivity contribution in [3.05, 3.63) is 178 Å². The molecule has 0 spiro atoms. The van der Waals surface area contributed by atoms with Gasteiger partial charge in [0.15, 0.2) is 0 Å². The molecule has 13 heteroatoms. The van der Waals surface area contributed by atoms with Gasteiger partial charge in [-0.15, -0.1) is 12.4 Å². The Morgan fingerprint density at radius 1 is 0.525 bits per heavy atom. The molecule has 6 aromatic carbocycles. The number of carbonyl (C=O) groups is 2. The van der Waals surface area contributed by atoms with Crippen molar-refractivity contribution in [2.45, 2.75) is 12.2 Å². The minimum absolute atomic E-state index is 0. The van der Waals surface area contributed by atoms with E-state index in [0.29, 0.717) is 49.3 Å². The normalized spacial score (nSPS) is 11.6. The zero-order valence-electron chi connectivity index (χ0n) is 32.0. The van der Waals surface area contributed by atoms with Crippen molar-refractivity contribution in [1.29, 1.82) is 0 Å². The van der Waals surface area contributed by atoms with Crippen LogP contribution in [0.4, 0.5) is 11.4 Å². The quantitative estimate of drug-likeness (QED) is 0.0422. The fraction of sp³-hybridized carbons (Fsp3) is 0.174. The molecule has 7 N–H and O–H groups in total. The SMILES string of the molecule is Cl.O=C(O)c1cccc(-c2cccc(NCCNC[C@H](O)c3cccc(Cl)c3)c2)c1.O=C([O-])c1cccc(-c2cccc(NCCNC[C@H](O)c3cccc(Cl)c3)c2)c1. The van der Waals surface area contributed by atoms with Crippen molar-refractivity contribution in [3.8, 4) is 22.3 Å². The largest absolute Gasteiger partial charge is 0.545 e. The van der Waals surface area contributed by atoms with Gasteiger partial charge < -0.3 is 46.5 Å². The van der Waals surface area contributed by atoms with Gasteiger partial charge in [0.1, 0.15) is 0 Å². The molecule has 0 fully saturated rings. The summed E-state index contributed by atoms with van der Waals surface area (Å²) in [6.45, 7) is 3.56. The van der Waals surface area contributed by atoms with Crippen LogP contribution in [0.1, 0.15) is 44.1 Å². The van der Waals surface area contributed by atoms with Crippen LogP contribution in [0.3, 0.4) is 0 Å². The van der Waals surface area contributed by atoms with Gasteiger partial charge in [-0.05, 0) is 106 Å². The number of anilines is 2. The molecule has 10 nitrogen and oxygen atoms in total. The van der Waals surface area contributed by atoms with Crippen molar-refractivity contribution >= 4 is 58.9 Å². The molecule has 59 heavy (non-hydrogen) atoms. The summed E-state index contributed by atoms with van der Waals surface area (Å²) < 4.78 is 0. The molecule has 0 unspecified atom stereocenters. The Bertz CT molecular complexity index is 2120. The van der Waals surface area contributed by atoms with Gasteiger partial charge in [-0.3, -0.25) is 0 Å². The Hall–Kier alpha value is -5.43. The van der Waals surface area contributed by atoms with E-state index in [4.69, 9.17) is 28.3 Å². The van der Waals surface area contributed by atoms with Gasteiger partial charge in [-0.25, -0.2) is 4.79 Å². The van der Waals surface area contributed by atoms with E-state index >= 15 is 0 Å². The van der Waals surface area contributed by atoms with E-state index in [1.807, 2.05) is 84.9 Å². The first-order chi connectivity index (χ1) is 28.0. The molecule has 308 valence electrons. The summed E-state index contributed by atoms with van der Waals surface area (Å²) in [4.78, 5) is 22.2. The first kappa shape index (κ1) is 46.3. The summed E-state index contributed by atoms with van der Waals surface area (Å²) in [5.41, 5.74) is 7.41. The number of aliphatic hydroxyl groups is 2. The highest BCUT2D eigenvalue weighted by Crippen LogP contribution is 2.25. The van der Waals surface area contributed by atoms with E-state index in [9.17, 15) is 24.9 Å². The van der Waals surface area contributed by atoms with Gasteiger partial charge in [0.2, 0.25) is 0 Å². The molecule has 0 aliphatic carbocycles. The summed E-state index contributed by atoms with van der Waals surface area (Å²) in [5, 5.41) is 54.9. The number of nitrogens with one attached hydrogen (secondary N) is 4. The first-order valence-corrected chi connectivity index (χ1v) is 19.4. The van der Waals surface area contributed by atoms with Gasteiger partial charge in [-0.1, -0.05) is 102 Å². The van der Waals surface area contributed by atoms with E-state index in [2.05, 4.69) is 21.3 Å². The summed E-state index contributed by atoms with van der Waals surface area (Å²) >= 11 is 11.9. The predicted molar refractivity (Wildman–Crippen MR) is 238 cm³/mol. The van der Waals surface area contributed by atoms with Gasteiger partial charge in [0, 0.05) is 60.7 Å². The third kappa shape index (κ3) is 15.0. The predicted octanol–water partition coefficient (Wildman–Crippen LogP) is 7.97. The van der Waals surface area contributed by atoms with Crippen LogP contribution in [0.5, 0.6) is 0 Å². The molecular weight excluding hydrogens is 811 g/mol. The highest BCUT2D eigenvalue weighted by molar-refractivity contribution is 6.30. The summed E-state index contributed by atoms with van der Waals surface area (Å²) in [5.74, 6) is -2.13. The highest BCUT2D eigenvalue weighted by atomic mass is 35.5. The number of rotatable bonds is 18. The van der Waals surface area contributed by atoms with Crippen molar-refractivity contribution in [1.82, 2.24) is 10.6 Å². The van der Waals surface area contributed by atoms with Gasteiger partial charge >= 0.3 is 5.97 Å². The second-order valence-corrected chi connectivity index (χ2v) is 14.2. The Morgan fingerprint density at radius 3 is 1.34 bits per heavy atom. The lowest BCUT2D eigenvalue weighted by Gasteiger charge is -2.13. The van der Waals surface area contributed by atoms with Gasteiger partial charge in [0.05, 0.1) is 23.7 Å². The minimum Gasteiger partial charge on any atom is -0.545 e. The lowest BCUT2D eigenvalue weighted by Crippen LogP contribution is -2.26. The van der Waals surface area contributed by atoms with Crippen molar-refractivity contribution in [2.24, 2.45) is 0 Å². The Morgan fingerprint density at radius 2 is 0.915 bits per heavy atom. The van der Waals surface area contributed by atoms with Gasteiger partial charge in [-0.2, -0.15) is 0 Å². The zero-order chi connectivity index (χ0) is 41.3. The lowest BCUT2D eigenvalue weighted by atomic mass is 10.0. The first-order valence-electron chi connectivity index (χ1n) is 18.7. The van der Waals surface area contributed by atoms with E-state index in [0.717, 1.165) is 44.8 Å². The summed E-state index contributed by atoms with van der Waals surface area (Å²) in [6, 6.07) is 43.6. The molecular formula is C46H46Cl3N4O6-. The number of carboxylic acids is 2. The van der Waals surface area contributed by atoms with Crippen LogP contribution in [0, 0.1) is 0 Å². The molecule has 0 bridgehead atoms. The Balaban J connectivity index is 0.000000256.